The Labute approximate surface area is 102 Å². The fraction of sp³-hybridized carbons (Fsp3) is 0.200. The summed E-state index contributed by atoms with van der Waals surface area (Å²) in [5.41, 5.74) is 0.0510. The van der Waals surface area contributed by atoms with Crippen LogP contribution in [0.15, 0.2) is 18.2 Å². The summed E-state index contributed by atoms with van der Waals surface area (Å²) >= 11 is 6.82. The van der Waals surface area contributed by atoms with Gasteiger partial charge in [0.15, 0.2) is 0 Å². The molecule has 0 bridgehead atoms. The normalized spacial score (nSPS) is 9.56. The molecule has 0 aliphatic heterocycles. The summed E-state index contributed by atoms with van der Waals surface area (Å²) in [5, 5.41) is 11.0. The van der Waals surface area contributed by atoms with Gasteiger partial charge in [0.05, 0.1) is 23.3 Å². The van der Waals surface area contributed by atoms with Crippen molar-refractivity contribution in [1.82, 2.24) is 0 Å². The van der Waals surface area contributed by atoms with E-state index >= 15 is 0 Å². The first-order chi connectivity index (χ1) is 7.63. The second-order valence-corrected chi connectivity index (χ2v) is 4.25. The van der Waals surface area contributed by atoms with Gasteiger partial charge in [-0.2, -0.15) is 5.26 Å². The molecule has 1 rings (SSSR count). The van der Waals surface area contributed by atoms with Gasteiger partial charge in [-0.05, 0) is 18.2 Å². The van der Waals surface area contributed by atoms with E-state index in [1.807, 2.05) is 6.07 Å². The van der Waals surface area contributed by atoms with Crippen molar-refractivity contribution in [3.8, 4) is 6.07 Å². The zero-order valence-electron chi connectivity index (χ0n) is 8.17. The predicted molar refractivity (Wildman–Crippen MR) is 63.0 cm³/mol. The van der Waals surface area contributed by atoms with Crippen LogP contribution in [0.2, 0.25) is 5.02 Å². The van der Waals surface area contributed by atoms with Crippen LogP contribution >= 0.6 is 23.4 Å². The number of hydrogen-bond donors (Lipinski definition) is 1. The molecule has 0 fully saturated rings. The van der Waals surface area contributed by atoms with Crippen LogP contribution in [0.4, 0.5) is 10.1 Å². The molecule has 0 unspecified atom stereocenters. The minimum absolute atomic E-state index is 0.0510. The molecule has 1 N–H and O–H groups in total. The van der Waals surface area contributed by atoms with E-state index in [1.54, 1.807) is 0 Å². The number of nitrogens with one attached hydrogen (secondary N) is 1. The molecule has 0 heterocycles. The molecule has 0 saturated heterocycles. The van der Waals surface area contributed by atoms with Gasteiger partial charge >= 0.3 is 0 Å². The molecule has 0 aliphatic rings. The van der Waals surface area contributed by atoms with Gasteiger partial charge < -0.3 is 5.32 Å². The first-order valence-electron chi connectivity index (χ1n) is 4.33. The number of hydrogen-bond acceptors (Lipinski definition) is 3. The van der Waals surface area contributed by atoms with Gasteiger partial charge in [0, 0.05) is 5.02 Å². The number of anilines is 1. The molecule has 0 spiro atoms. The van der Waals surface area contributed by atoms with E-state index in [-0.39, 0.29) is 23.1 Å². The fourth-order valence-electron chi connectivity index (χ4n) is 0.969. The van der Waals surface area contributed by atoms with Crippen LogP contribution < -0.4 is 5.32 Å². The van der Waals surface area contributed by atoms with E-state index in [1.165, 1.54) is 18.2 Å². The number of thioether (sulfide) groups is 1. The van der Waals surface area contributed by atoms with Crippen molar-refractivity contribution in [2.24, 2.45) is 0 Å². The second-order valence-electron chi connectivity index (χ2n) is 2.82. The van der Waals surface area contributed by atoms with E-state index in [0.29, 0.717) is 5.02 Å². The third kappa shape index (κ3) is 4.09. The number of nitriles is 1. The molecule has 0 aromatic heterocycles. The van der Waals surface area contributed by atoms with Crippen molar-refractivity contribution in [1.29, 1.82) is 5.26 Å². The molecular formula is C10H8ClFN2OS. The van der Waals surface area contributed by atoms with Crippen molar-refractivity contribution in [3.63, 3.8) is 0 Å². The van der Waals surface area contributed by atoms with Crippen LogP contribution in [0.3, 0.4) is 0 Å². The largest absolute Gasteiger partial charge is 0.323 e. The van der Waals surface area contributed by atoms with Gasteiger partial charge in [0.2, 0.25) is 5.91 Å². The summed E-state index contributed by atoms with van der Waals surface area (Å²) in [6.07, 6.45) is 0. The Hall–Kier alpha value is -1.25. The van der Waals surface area contributed by atoms with Gasteiger partial charge in [-0.3, -0.25) is 4.79 Å². The zero-order valence-corrected chi connectivity index (χ0v) is 9.74. The van der Waals surface area contributed by atoms with Crippen LogP contribution in [-0.4, -0.2) is 17.4 Å². The van der Waals surface area contributed by atoms with E-state index in [4.69, 9.17) is 16.9 Å². The smallest absolute Gasteiger partial charge is 0.234 e. The maximum atomic E-state index is 13.2. The second kappa shape index (κ2) is 6.36. The summed E-state index contributed by atoms with van der Waals surface area (Å²) in [7, 11) is 0. The molecule has 16 heavy (non-hydrogen) atoms. The van der Waals surface area contributed by atoms with Gasteiger partial charge in [0.25, 0.3) is 0 Å². The Morgan fingerprint density at radius 1 is 1.62 bits per heavy atom. The Morgan fingerprint density at radius 2 is 2.38 bits per heavy atom. The van der Waals surface area contributed by atoms with Crippen molar-refractivity contribution in [2.75, 3.05) is 16.8 Å². The lowest BCUT2D eigenvalue weighted by Gasteiger charge is -2.05. The molecule has 6 heteroatoms. The van der Waals surface area contributed by atoms with Crippen LogP contribution in [0.25, 0.3) is 0 Å². The van der Waals surface area contributed by atoms with E-state index in [0.717, 1.165) is 11.8 Å². The summed E-state index contributed by atoms with van der Waals surface area (Å²) in [6, 6.07) is 5.81. The summed E-state index contributed by atoms with van der Waals surface area (Å²) in [5.74, 6) is -0.560. The lowest BCUT2D eigenvalue weighted by Crippen LogP contribution is -2.15. The van der Waals surface area contributed by atoms with Gasteiger partial charge in [0.1, 0.15) is 5.82 Å². The number of carbonyl (C=O) groups excluding carboxylic acids is 1. The molecule has 3 nitrogen and oxygen atoms in total. The van der Waals surface area contributed by atoms with E-state index in [9.17, 15) is 9.18 Å². The van der Waals surface area contributed by atoms with Crippen LogP contribution in [0.1, 0.15) is 0 Å². The standard InChI is InChI=1S/C10H8ClFN2OS/c11-7-1-2-8(12)9(5-7)14-10(15)6-16-4-3-13/h1-2,5H,4,6H2,(H,14,15). The van der Waals surface area contributed by atoms with Crippen molar-refractivity contribution in [3.05, 3.63) is 29.0 Å². The van der Waals surface area contributed by atoms with E-state index < -0.39 is 5.82 Å². The third-order valence-electron chi connectivity index (χ3n) is 1.60. The number of nitrogens with zero attached hydrogens (tertiary/aromatic N) is 1. The molecule has 1 aromatic carbocycles. The molecule has 1 aromatic rings. The maximum absolute atomic E-state index is 13.2. The fourth-order valence-corrected chi connectivity index (χ4v) is 1.59. The topological polar surface area (TPSA) is 52.9 Å². The molecule has 84 valence electrons. The third-order valence-corrected chi connectivity index (χ3v) is 2.64. The highest BCUT2D eigenvalue weighted by atomic mass is 35.5. The highest BCUT2D eigenvalue weighted by molar-refractivity contribution is 8.00. The first-order valence-corrected chi connectivity index (χ1v) is 5.86. The van der Waals surface area contributed by atoms with Gasteiger partial charge in [-0.25, -0.2) is 4.39 Å². The van der Waals surface area contributed by atoms with E-state index in [2.05, 4.69) is 5.32 Å². The lowest BCUT2D eigenvalue weighted by molar-refractivity contribution is -0.113. The number of amides is 1. The number of rotatable bonds is 4. The quantitative estimate of drug-likeness (QED) is 0.845. The predicted octanol–water partition coefficient (Wildman–Crippen LogP) is 2.67. The SMILES string of the molecule is N#CCSCC(=O)Nc1cc(Cl)ccc1F. The summed E-state index contributed by atoms with van der Waals surface area (Å²) < 4.78 is 13.2. The molecule has 0 radical (unpaired) electrons. The number of halogens is 2. The Bertz CT molecular complexity index is 433. The van der Waals surface area contributed by atoms with Crippen LogP contribution in [0.5, 0.6) is 0 Å². The lowest BCUT2D eigenvalue weighted by atomic mass is 10.3. The maximum Gasteiger partial charge on any atom is 0.234 e. The van der Waals surface area contributed by atoms with Crippen molar-refractivity contribution < 1.29 is 9.18 Å². The summed E-state index contributed by atoms with van der Waals surface area (Å²) in [4.78, 5) is 11.3. The molecule has 0 saturated carbocycles. The minimum Gasteiger partial charge on any atom is -0.323 e. The molecule has 0 atom stereocenters. The Balaban J connectivity index is 2.56. The monoisotopic (exact) mass is 258 g/mol. The van der Waals surface area contributed by atoms with Crippen molar-refractivity contribution >= 4 is 35.0 Å². The molecule has 1 amide bonds. The van der Waals surface area contributed by atoms with Gasteiger partial charge in [-0.1, -0.05) is 11.6 Å². The Morgan fingerprint density at radius 3 is 3.06 bits per heavy atom. The zero-order chi connectivity index (χ0) is 12.0. The first kappa shape index (κ1) is 12.8. The van der Waals surface area contributed by atoms with Gasteiger partial charge in [-0.15, -0.1) is 11.8 Å². The van der Waals surface area contributed by atoms with Crippen LogP contribution in [0, 0.1) is 17.1 Å². The molecular weight excluding hydrogens is 251 g/mol. The minimum atomic E-state index is -0.539. The number of carbonyl (C=O) groups is 1. The molecule has 0 aliphatic carbocycles. The Kier molecular flexibility index (Phi) is 5.09. The highest BCUT2D eigenvalue weighted by Crippen LogP contribution is 2.19. The average Bonchev–Trinajstić information content (AvgIpc) is 2.24. The van der Waals surface area contributed by atoms with Crippen molar-refractivity contribution in [2.45, 2.75) is 0 Å². The highest BCUT2D eigenvalue weighted by Gasteiger charge is 2.07. The van der Waals surface area contributed by atoms with Crippen LogP contribution in [-0.2, 0) is 4.79 Å². The summed E-state index contributed by atoms with van der Waals surface area (Å²) in [6.45, 7) is 0. The number of benzene rings is 1. The average molecular weight is 259 g/mol.